The SMILES string of the molecule is CC(=O)O.CCC(C)OCC(=O)O. The second-order valence-electron chi connectivity index (χ2n) is 2.44. The molecule has 0 amide bonds. The van der Waals surface area contributed by atoms with Crippen LogP contribution in [0.1, 0.15) is 27.2 Å². The fourth-order valence-corrected chi connectivity index (χ4v) is 0.331. The van der Waals surface area contributed by atoms with Gasteiger partial charge in [0.15, 0.2) is 0 Å². The van der Waals surface area contributed by atoms with Crippen molar-refractivity contribution in [2.24, 2.45) is 0 Å². The fourth-order valence-electron chi connectivity index (χ4n) is 0.331. The number of ether oxygens (including phenoxy) is 1. The molecular formula is C8H16O5. The highest BCUT2D eigenvalue weighted by Gasteiger charge is 2.00. The molecule has 1 atom stereocenters. The molecule has 0 rings (SSSR count). The zero-order chi connectivity index (χ0) is 10.9. The highest BCUT2D eigenvalue weighted by atomic mass is 16.5. The van der Waals surface area contributed by atoms with Crippen LogP contribution in [0.3, 0.4) is 0 Å². The maximum Gasteiger partial charge on any atom is 0.329 e. The lowest BCUT2D eigenvalue weighted by Crippen LogP contribution is -2.13. The van der Waals surface area contributed by atoms with Gasteiger partial charge in [0.1, 0.15) is 6.61 Å². The van der Waals surface area contributed by atoms with E-state index in [2.05, 4.69) is 0 Å². The van der Waals surface area contributed by atoms with Crippen molar-refractivity contribution in [3.05, 3.63) is 0 Å². The molecule has 5 heteroatoms. The van der Waals surface area contributed by atoms with Crippen molar-refractivity contribution in [1.82, 2.24) is 0 Å². The molecule has 0 bridgehead atoms. The van der Waals surface area contributed by atoms with Gasteiger partial charge in [-0.25, -0.2) is 4.79 Å². The maximum atomic E-state index is 9.89. The lowest BCUT2D eigenvalue weighted by atomic mass is 10.3. The molecule has 2 N–H and O–H groups in total. The summed E-state index contributed by atoms with van der Waals surface area (Å²) in [4.78, 5) is 18.9. The summed E-state index contributed by atoms with van der Waals surface area (Å²) in [5.74, 6) is -1.74. The van der Waals surface area contributed by atoms with E-state index in [0.29, 0.717) is 0 Å². The van der Waals surface area contributed by atoms with E-state index in [1.54, 1.807) is 0 Å². The normalized spacial score (nSPS) is 11.0. The van der Waals surface area contributed by atoms with Gasteiger partial charge in [0.25, 0.3) is 5.97 Å². The van der Waals surface area contributed by atoms with Gasteiger partial charge in [0.05, 0.1) is 6.10 Å². The van der Waals surface area contributed by atoms with Crippen LogP contribution in [0, 0.1) is 0 Å². The van der Waals surface area contributed by atoms with E-state index in [4.69, 9.17) is 19.7 Å². The van der Waals surface area contributed by atoms with Crippen LogP contribution in [0.5, 0.6) is 0 Å². The first-order valence-corrected chi connectivity index (χ1v) is 3.93. The lowest BCUT2D eigenvalue weighted by molar-refractivity contribution is -0.144. The highest BCUT2D eigenvalue weighted by molar-refractivity contribution is 5.68. The molecule has 0 aromatic carbocycles. The van der Waals surface area contributed by atoms with Gasteiger partial charge in [-0.05, 0) is 13.3 Å². The summed E-state index contributed by atoms with van der Waals surface area (Å²) in [5.41, 5.74) is 0. The van der Waals surface area contributed by atoms with E-state index in [1.165, 1.54) is 0 Å². The molecule has 0 aliphatic rings. The third-order valence-electron chi connectivity index (χ3n) is 1.07. The Bertz CT molecular complexity index is 151. The molecule has 0 heterocycles. The topological polar surface area (TPSA) is 83.8 Å². The van der Waals surface area contributed by atoms with Gasteiger partial charge in [-0.2, -0.15) is 0 Å². The third-order valence-corrected chi connectivity index (χ3v) is 1.07. The van der Waals surface area contributed by atoms with E-state index in [0.717, 1.165) is 13.3 Å². The Morgan fingerprint density at radius 2 is 1.77 bits per heavy atom. The zero-order valence-electron chi connectivity index (χ0n) is 8.11. The summed E-state index contributed by atoms with van der Waals surface area (Å²) in [6.45, 7) is 4.70. The predicted octanol–water partition coefficient (Wildman–Crippen LogP) is 0.977. The van der Waals surface area contributed by atoms with E-state index in [9.17, 15) is 4.79 Å². The Hall–Kier alpha value is -1.10. The average Bonchev–Trinajstić information content (AvgIpc) is 1.99. The molecule has 0 fully saturated rings. The Balaban J connectivity index is 0. The smallest absolute Gasteiger partial charge is 0.329 e. The van der Waals surface area contributed by atoms with Crippen molar-refractivity contribution in [2.45, 2.75) is 33.3 Å². The van der Waals surface area contributed by atoms with Gasteiger partial charge < -0.3 is 14.9 Å². The molecular weight excluding hydrogens is 176 g/mol. The van der Waals surface area contributed by atoms with Crippen molar-refractivity contribution >= 4 is 11.9 Å². The van der Waals surface area contributed by atoms with Gasteiger partial charge in [0, 0.05) is 6.92 Å². The molecule has 78 valence electrons. The van der Waals surface area contributed by atoms with E-state index in [1.807, 2.05) is 13.8 Å². The Labute approximate surface area is 77.3 Å². The van der Waals surface area contributed by atoms with Crippen LogP contribution in [0.15, 0.2) is 0 Å². The van der Waals surface area contributed by atoms with Crippen LogP contribution >= 0.6 is 0 Å². The van der Waals surface area contributed by atoms with Crippen LogP contribution in [-0.2, 0) is 14.3 Å². The van der Waals surface area contributed by atoms with Gasteiger partial charge in [-0.3, -0.25) is 4.79 Å². The molecule has 0 aromatic heterocycles. The molecule has 0 aliphatic heterocycles. The van der Waals surface area contributed by atoms with E-state index in [-0.39, 0.29) is 12.7 Å². The fraction of sp³-hybridized carbons (Fsp3) is 0.750. The van der Waals surface area contributed by atoms with Gasteiger partial charge in [-0.1, -0.05) is 6.92 Å². The maximum absolute atomic E-state index is 9.89. The van der Waals surface area contributed by atoms with Crippen molar-refractivity contribution in [2.75, 3.05) is 6.61 Å². The number of carboxylic acid groups (broad SMARTS) is 2. The molecule has 0 aliphatic carbocycles. The van der Waals surface area contributed by atoms with Gasteiger partial charge in [0.2, 0.25) is 0 Å². The second-order valence-corrected chi connectivity index (χ2v) is 2.44. The molecule has 0 aromatic rings. The Kier molecular flexibility index (Phi) is 9.98. The molecule has 13 heavy (non-hydrogen) atoms. The number of aliphatic carboxylic acids is 2. The van der Waals surface area contributed by atoms with Crippen molar-refractivity contribution in [1.29, 1.82) is 0 Å². The zero-order valence-corrected chi connectivity index (χ0v) is 8.11. The first-order chi connectivity index (χ1) is 5.90. The van der Waals surface area contributed by atoms with Gasteiger partial charge in [-0.15, -0.1) is 0 Å². The number of rotatable bonds is 4. The standard InChI is InChI=1S/C6H12O3.C2H4O2/c1-3-5(2)9-4-6(7)8;1-2(3)4/h5H,3-4H2,1-2H3,(H,7,8);1H3,(H,3,4). The molecule has 0 spiro atoms. The predicted molar refractivity (Wildman–Crippen MR) is 46.7 cm³/mol. The van der Waals surface area contributed by atoms with Crippen LogP contribution < -0.4 is 0 Å². The van der Waals surface area contributed by atoms with Gasteiger partial charge >= 0.3 is 5.97 Å². The Morgan fingerprint density at radius 3 is 2.00 bits per heavy atom. The van der Waals surface area contributed by atoms with E-state index < -0.39 is 11.9 Å². The molecule has 5 nitrogen and oxygen atoms in total. The second kappa shape index (κ2) is 8.99. The van der Waals surface area contributed by atoms with Crippen LogP contribution in [0.2, 0.25) is 0 Å². The highest BCUT2D eigenvalue weighted by Crippen LogP contribution is 1.93. The number of carboxylic acids is 2. The minimum Gasteiger partial charge on any atom is -0.481 e. The average molecular weight is 192 g/mol. The monoisotopic (exact) mass is 192 g/mol. The minimum absolute atomic E-state index is 0.0566. The van der Waals surface area contributed by atoms with Crippen molar-refractivity contribution in [3.8, 4) is 0 Å². The molecule has 0 saturated heterocycles. The van der Waals surface area contributed by atoms with Crippen molar-refractivity contribution < 1.29 is 24.5 Å². The largest absolute Gasteiger partial charge is 0.481 e. The Morgan fingerprint density at radius 1 is 1.38 bits per heavy atom. The van der Waals surface area contributed by atoms with E-state index >= 15 is 0 Å². The molecule has 1 unspecified atom stereocenters. The van der Waals surface area contributed by atoms with Crippen LogP contribution in [-0.4, -0.2) is 34.9 Å². The summed E-state index contributed by atoms with van der Waals surface area (Å²) < 4.78 is 4.85. The summed E-state index contributed by atoms with van der Waals surface area (Å²) >= 11 is 0. The molecule has 0 saturated carbocycles. The third kappa shape index (κ3) is 24.8. The quantitative estimate of drug-likeness (QED) is 0.693. The van der Waals surface area contributed by atoms with Crippen molar-refractivity contribution in [3.63, 3.8) is 0 Å². The number of hydrogen-bond acceptors (Lipinski definition) is 3. The summed E-state index contributed by atoms with van der Waals surface area (Å²) in [6, 6.07) is 0. The summed E-state index contributed by atoms with van der Waals surface area (Å²) in [5, 5.41) is 15.5. The first kappa shape index (κ1) is 14.4. The van der Waals surface area contributed by atoms with Crippen LogP contribution in [0.25, 0.3) is 0 Å². The first-order valence-electron chi connectivity index (χ1n) is 3.93. The molecule has 0 radical (unpaired) electrons. The number of hydrogen-bond donors (Lipinski definition) is 2. The lowest BCUT2D eigenvalue weighted by Gasteiger charge is -2.06. The summed E-state index contributed by atoms with van der Waals surface area (Å²) in [7, 11) is 0. The minimum atomic E-state index is -0.907. The summed E-state index contributed by atoms with van der Waals surface area (Å²) in [6.07, 6.45) is 0.911. The van der Waals surface area contributed by atoms with Crippen LogP contribution in [0.4, 0.5) is 0 Å². The number of carbonyl (C=O) groups is 2.